The van der Waals surface area contributed by atoms with Crippen LogP contribution in [0.2, 0.25) is 0 Å². The fourth-order valence-corrected chi connectivity index (χ4v) is 2.47. The van der Waals surface area contributed by atoms with Crippen LogP contribution in [0.5, 0.6) is 0 Å². The average molecular weight is 310 g/mol. The Kier molecular flexibility index (Phi) is 2.64. The molecular formula is C10H8BrN5S. The summed E-state index contributed by atoms with van der Waals surface area (Å²) in [5.41, 5.74) is 6.69. The topological polar surface area (TPSA) is 69.1 Å². The summed E-state index contributed by atoms with van der Waals surface area (Å²) in [4.78, 5) is 0. The zero-order valence-corrected chi connectivity index (χ0v) is 11.1. The van der Waals surface area contributed by atoms with Crippen molar-refractivity contribution in [1.29, 1.82) is 0 Å². The van der Waals surface area contributed by atoms with E-state index in [1.807, 2.05) is 24.3 Å². The second kappa shape index (κ2) is 4.15. The van der Waals surface area contributed by atoms with E-state index in [4.69, 9.17) is 5.73 Å². The maximum Gasteiger partial charge on any atom is 0.212 e. The molecule has 0 radical (unpaired) electrons. The first-order valence-corrected chi connectivity index (χ1v) is 6.69. The van der Waals surface area contributed by atoms with Crippen LogP contribution in [0.25, 0.3) is 11.4 Å². The molecule has 2 heterocycles. The standard InChI is InChI=1S/C10H8BrN5S/c11-7-3-1-6(2-4-7)9-13-14-10-16(9)15-8(12)5-17-10/h1-4H,5H2,(H2,12,15). The molecule has 0 atom stereocenters. The van der Waals surface area contributed by atoms with Gasteiger partial charge in [0.25, 0.3) is 0 Å². The van der Waals surface area contributed by atoms with E-state index in [1.54, 1.807) is 4.68 Å². The highest BCUT2D eigenvalue weighted by molar-refractivity contribution is 9.10. The Hall–Kier alpha value is -1.34. The second-order valence-electron chi connectivity index (χ2n) is 3.50. The molecule has 2 aromatic rings. The highest BCUT2D eigenvalue weighted by atomic mass is 79.9. The minimum Gasteiger partial charge on any atom is -0.385 e. The van der Waals surface area contributed by atoms with Crippen LogP contribution in [0.1, 0.15) is 0 Å². The molecule has 5 nitrogen and oxygen atoms in total. The molecular weight excluding hydrogens is 302 g/mol. The molecule has 1 aliphatic rings. The van der Waals surface area contributed by atoms with E-state index in [0.717, 1.165) is 15.2 Å². The maximum atomic E-state index is 5.73. The molecule has 17 heavy (non-hydrogen) atoms. The van der Waals surface area contributed by atoms with Crippen molar-refractivity contribution >= 4 is 33.5 Å². The van der Waals surface area contributed by atoms with E-state index in [-0.39, 0.29) is 0 Å². The summed E-state index contributed by atoms with van der Waals surface area (Å²) in [5, 5.41) is 13.3. The molecule has 2 N–H and O–H groups in total. The quantitative estimate of drug-likeness (QED) is 0.874. The van der Waals surface area contributed by atoms with Gasteiger partial charge in [-0.2, -0.15) is 9.78 Å². The van der Waals surface area contributed by atoms with E-state index >= 15 is 0 Å². The predicted molar refractivity (Wildman–Crippen MR) is 70.9 cm³/mol. The zero-order chi connectivity index (χ0) is 11.8. The van der Waals surface area contributed by atoms with Crippen molar-refractivity contribution in [1.82, 2.24) is 14.9 Å². The van der Waals surface area contributed by atoms with Crippen LogP contribution in [0.4, 0.5) is 0 Å². The lowest BCUT2D eigenvalue weighted by atomic mass is 10.2. The van der Waals surface area contributed by atoms with Gasteiger partial charge < -0.3 is 5.73 Å². The Morgan fingerprint density at radius 1 is 1.24 bits per heavy atom. The van der Waals surface area contributed by atoms with Gasteiger partial charge in [0.1, 0.15) is 5.84 Å². The normalized spacial score (nSPS) is 14.3. The number of halogens is 1. The van der Waals surface area contributed by atoms with E-state index in [1.165, 1.54) is 11.8 Å². The first-order valence-electron chi connectivity index (χ1n) is 4.91. The highest BCUT2D eigenvalue weighted by Gasteiger charge is 2.18. The summed E-state index contributed by atoms with van der Waals surface area (Å²) in [6.45, 7) is 0. The molecule has 0 aliphatic carbocycles. The van der Waals surface area contributed by atoms with Gasteiger partial charge in [-0.1, -0.05) is 39.8 Å². The number of nitrogens with zero attached hydrogens (tertiary/aromatic N) is 4. The van der Waals surface area contributed by atoms with Crippen molar-refractivity contribution in [3.63, 3.8) is 0 Å². The molecule has 0 saturated carbocycles. The molecule has 1 aromatic carbocycles. The van der Waals surface area contributed by atoms with Crippen LogP contribution in [0.3, 0.4) is 0 Å². The Bertz CT molecular complexity index is 589. The Morgan fingerprint density at radius 2 is 2.00 bits per heavy atom. The molecule has 0 bridgehead atoms. The lowest BCUT2D eigenvalue weighted by Crippen LogP contribution is -2.20. The van der Waals surface area contributed by atoms with Crippen molar-refractivity contribution < 1.29 is 0 Å². The zero-order valence-electron chi connectivity index (χ0n) is 8.67. The monoisotopic (exact) mass is 309 g/mol. The fourth-order valence-electron chi connectivity index (χ4n) is 1.52. The molecule has 0 fully saturated rings. The van der Waals surface area contributed by atoms with Crippen LogP contribution in [0.15, 0.2) is 39.0 Å². The van der Waals surface area contributed by atoms with Crippen LogP contribution in [-0.4, -0.2) is 26.5 Å². The second-order valence-corrected chi connectivity index (χ2v) is 5.36. The lowest BCUT2D eigenvalue weighted by Gasteiger charge is -2.10. The lowest BCUT2D eigenvalue weighted by molar-refractivity contribution is 0.760. The molecule has 0 unspecified atom stereocenters. The van der Waals surface area contributed by atoms with Crippen LogP contribution < -0.4 is 5.73 Å². The number of rotatable bonds is 1. The minimum atomic E-state index is 0.584. The smallest absolute Gasteiger partial charge is 0.212 e. The SMILES string of the molecule is NC1=Nn2c(nnc2-c2ccc(Br)cc2)SC1. The van der Waals surface area contributed by atoms with Gasteiger partial charge in [0.05, 0.1) is 5.75 Å². The van der Waals surface area contributed by atoms with Gasteiger partial charge in [0.15, 0.2) is 5.82 Å². The van der Waals surface area contributed by atoms with Crippen molar-refractivity contribution in [2.24, 2.45) is 10.8 Å². The molecule has 0 spiro atoms. The van der Waals surface area contributed by atoms with E-state index in [9.17, 15) is 0 Å². The summed E-state index contributed by atoms with van der Waals surface area (Å²) >= 11 is 4.94. The number of thioether (sulfide) groups is 1. The summed E-state index contributed by atoms with van der Waals surface area (Å²) in [5.74, 6) is 1.96. The summed E-state index contributed by atoms with van der Waals surface area (Å²) in [7, 11) is 0. The molecule has 1 aliphatic heterocycles. The number of nitrogens with two attached hydrogens (primary N) is 1. The van der Waals surface area contributed by atoms with Crippen LogP contribution >= 0.6 is 27.7 Å². The summed E-state index contributed by atoms with van der Waals surface area (Å²) < 4.78 is 2.71. The van der Waals surface area contributed by atoms with Gasteiger partial charge in [0, 0.05) is 10.0 Å². The predicted octanol–water partition coefficient (Wildman–Crippen LogP) is 1.93. The molecule has 7 heteroatoms. The van der Waals surface area contributed by atoms with Crippen molar-refractivity contribution in [3.05, 3.63) is 28.7 Å². The molecule has 0 saturated heterocycles. The number of fused-ring (bicyclic) bond motifs is 1. The fraction of sp³-hybridized carbons (Fsp3) is 0.100. The minimum absolute atomic E-state index is 0.584. The number of hydrogen-bond donors (Lipinski definition) is 1. The Morgan fingerprint density at radius 3 is 2.76 bits per heavy atom. The van der Waals surface area contributed by atoms with Gasteiger partial charge in [-0.15, -0.1) is 10.2 Å². The van der Waals surface area contributed by atoms with Gasteiger partial charge in [-0.25, -0.2) is 0 Å². The van der Waals surface area contributed by atoms with Crippen LogP contribution in [0, 0.1) is 0 Å². The first kappa shape index (κ1) is 10.8. The number of amidine groups is 1. The van der Waals surface area contributed by atoms with E-state index in [0.29, 0.717) is 17.4 Å². The van der Waals surface area contributed by atoms with Crippen molar-refractivity contribution in [2.75, 3.05) is 5.75 Å². The largest absolute Gasteiger partial charge is 0.385 e. The summed E-state index contributed by atoms with van der Waals surface area (Å²) in [6, 6.07) is 7.85. The van der Waals surface area contributed by atoms with Gasteiger partial charge in [-0.05, 0) is 12.1 Å². The van der Waals surface area contributed by atoms with Gasteiger partial charge in [-0.3, -0.25) is 0 Å². The van der Waals surface area contributed by atoms with E-state index < -0.39 is 0 Å². The van der Waals surface area contributed by atoms with Gasteiger partial charge >= 0.3 is 0 Å². The molecule has 3 rings (SSSR count). The maximum absolute atomic E-state index is 5.73. The van der Waals surface area contributed by atoms with Crippen molar-refractivity contribution in [2.45, 2.75) is 5.16 Å². The van der Waals surface area contributed by atoms with Crippen LogP contribution in [-0.2, 0) is 0 Å². The number of hydrogen-bond acceptors (Lipinski definition) is 5. The third-order valence-electron chi connectivity index (χ3n) is 2.29. The third-order valence-corrected chi connectivity index (χ3v) is 3.77. The van der Waals surface area contributed by atoms with Gasteiger partial charge in [0.2, 0.25) is 5.16 Å². The molecule has 0 amide bonds. The highest BCUT2D eigenvalue weighted by Crippen LogP contribution is 2.26. The average Bonchev–Trinajstić information content (AvgIpc) is 2.73. The van der Waals surface area contributed by atoms with E-state index in [2.05, 4.69) is 31.2 Å². The number of aromatic nitrogens is 3. The molecule has 1 aromatic heterocycles. The third kappa shape index (κ3) is 1.96. The Balaban J connectivity index is 2.11. The van der Waals surface area contributed by atoms with Crippen molar-refractivity contribution in [3.8, 4) is 11.4 Å². The number of benzene rings is 1. The Labute approximate surface area is 110 Å². The molecule has 86 valence electrons. The first-order chi connectivity index (χ1) is 8.24. The summed E-state index contributed by atoms with van der Waals surface area (Å²) in [6.07, 6.45) is 0.